The Morgan fingerprint density at radius 3 is 2.83 bits per heavy atom. The van der Waals surface area contributed by atoms with E-state index < -0.39 is 0 Å². The molecule has 1 aromatic carbocycles. The molecule has 2 aromatic rings. The number of anilines is 3. The fourth-order valence-electron chi connectivity index (χ4n) is 3.02. The quantitative estimate of drug-likeness (QED) is 0.797. The van der Waals surface area contributed by atoms with Gasteiger partial charge in [-0.25, -0.2) is 0 Å². The van der Waals surface area contributed by atoms with Crippen molar-refractivity contribution in [1.82, 2.24) is 4.98 Å². The molecule has 3 nitrogen and oxygen atoms in total. The summed E-state index contributed by atoms with van der Waals surface area (Å²) in [4.78, 5) is 6.40. The molecular weight excluding hydrogens is 282 g/mol. The van der Waals surface area contributed by atoms with Crippen molar-refractivity contribution in [2.75, 3.05) is 10.6 Å². The monoisotopic (exact) mass is 305 g/mol. The second kappa shape index (κ2) is 6.69. The highest BCUT2D eigenvalue weighted by Gasteiger charge is 2.19. The number of nitrogens with zero attached hydrogens (tertiary/aromatic N) is 2. The molecule has 1 heterocycles. The molecule has 3 rings (SSSR count). The third-order valence-corrected chi connectivity index (χ3v) is 4.26. The van der Waals surface area contributed by atoms with Crippen molar-refractivity contribution >= 4 is 17.1 Å². The van der Waals surface area contributed by atoms with Crippen molar-refractivity contribution in [3.05, 3.63) is 72.2 Å². The molecule has 0 atom stereocenters. The van der Waals surface area contributed by atoms with Gasteiger partial charge in [0.1, 0.15) is 0 Å². The Labute approximate surface area is 138 Å². The first kappa shape index (κ1) is 15.3. The molecule has 1 aliphatic carbocycles. The normalized spacial score (nSPS) is 14.2. The summed E-state index contributed by atoms with van der Waals surface area (Å²) in [5.41, 5.74) is 12.5. The predicted molar refractivity (Wildman–Crippen MR) is 97.7 cm³/mol. The fraction of sp³-hybridized carbons (Fsp3) is 0.250. The lowest BCUT2D eigenvalue weighted by Crippen LogP contribution is -2.19. The lowest BCUT2D eigenvalue weighted by molar-refractivity contribution is 0.704. The van der Waals surface area contributed by atoms with Crippen molar-refractivity contribution in [3.8, 4) is 0 Å². The molecule has 0 bridgehead atoms. The van der Waals surface area contributed by atoms with Crippen LogP contribution in [-0.2, 0) is 0 Å². The van der Waals surface area contributed by atoms with Gasteiger partial charge >= 0.3 is 0 Å². The minimum absolute atomic E-state index is 0.747. The third-order valence-electron chi connectivity index (χ3n) is 4.26. The number of hydrogen-bond acceptors (Lipinski definition) is 3. The maximum atomic E-state index is 6.27. The molecule has 0 unspecified atom stereocenters. The second-order valence-electron chi connectivity index (χ2n) is 6.03. The van der Waals surface area contributed by atoms with Crippen LogP contribution >= 0.6 is 0 Å². The molecule has 118 valence electrons. The van der Waals surface area contributed by atoms with Crippen molar-refractivity contribution < 1.29 is 0 Å². The maximum Gasteiger partial charge on any atom is 0.0694 e. The lowest BCUT2D eigenvalue weighted by atomic mass is 9.96. The van der Waals surface area contributed by atoms with Crippen LogP contribution in [0.15, 0.2) is 66.7 Å². The number of aromatic nitrogens is 1. The first-order chi connectivity index (χ1) is 11.2. The summed E-state index contributed by atoms with van der Waals surface area (Å²) in [5, 5.41) is 0. The van der Waals surface area contributed by atoms with Crippen LogP contribution in [0.2, 0.25) is 0 Å². The number of aryl methyl sites for hydroxylation is 1. The molecule has 1 aliphatic rings. The van der Waals surface area contributed by atoms with Gasteiger partial charge in [0.2, 0.25) is 0 Å². The number of benzene rings is 1. The number of rotatable bonds is 4. The van der Waals surface area contributed by atoms with E-state index in [1.165, 1.54) is 24.0 Å². The average molecular weight is 305 g/mol. The topological polar surface area (TPSA) is 42.2 Å². The zero-order valence-electron chi connectivity index (χ0n) is 13.6. The van der Waals surface area contributed by atoms with Crippen molar-refractivity contribution in [2.45, 2.75) is 32.6 Å². The Hall–Kier alpha value is -2.55. The van der Waals surface area contributed by atoms with Crippen LogP contribution in [-0.4, -0.2) is 4.98 Å². The molecule has 0 radical (unpaired) electrons. The minimum Gasteiger partial charge on any atom is -0.397 e. The standard InChI is InChI=1S/C20H23N3/c1-15-10-11-19(21)20(13-15)23(18-9-6-12-22-14-18)16(2)17-7-4-3-5-8-17/h6-7,9-14H,2-5,8,21H2,1H3. The smallest absolute Gasteiger partial charge is 0.0694 e. The molecule has 0 aliphatic heterocycles. The van der Waals surface area contributed by atoms with Crippen LogP contribution in [0, 0.1) is 6.92 Å². The van der Waals surface area contributed by atoms with Crippen molar-refractivity contribution in [2.24, 2.45) is 0 Å². The third kappa shape index (κ3) is 3.29. The maximum absolute atomic E-state index is 6.27. The van der Waals surface area contributed by atoms with E-state index in [-0.39, 0.29) is 0 Å². The van der Waals surface area contributed by atoms with E-state index in [2.05, 4.69) is 35.5 Å². The summed E-state index contributed by atoms with van der Waals surface area (Å²) < 4.78 is 0. The molecule has 2 N–H and O–H groups in total. The molecule has 23 heavy (non-hydrogen) atoms. The van der Waals surface area contributed by atoms with Gasteiger partial charge in [0.25, 0.3) is 0 Å². The summed E-state index contributed by atoms with van der Waals surface area (Å²) in [7, 11) is 0. The molecule has 1 aromatic heterocycles. The first-order valence-electron chi connectivity index (χ1n) is 8.11. The van der Waals surface area contributed by atoms with Gasteiger partial charge in [0, 0.05) is 11.9 Å². The summed E-state index contributed by atoms with van der Waals surface area (Å²) >= 11 is 0. The van der Waals surface area contributed by atoms with E-state index in [0.717, 1.165) is 35.6 Å². The zero-order valence-corrected chi connectivity index (χ0v) is 13.6. The van der Waals surface area contributed by atoms with E-state index in [1.54, 1.807) is 6.20 Å². The summed E-state index contributed by atoms with van der Waals surface area (Å²) in [6.07, 6.45) is 10.6. The number of allylic oxidation sites excluding steroid dienone is 2. The molecule has 0 amide bonds. The Bertz CT molecular complexity index is 732. The van der Waals surface area contributed by atoms with Crippen LogP contribution in [0.3, 0.4) is 0 Å². The Kier molecular flexibility index (Phi) is 4.47. The van der Waals surface area contributed by atoms with Gasteiger partial charge < -0.3 is 10.6 Å². The van der Waals surface area contributed by atoms with Crippen LogP contribution in [0.25, 0.3) is 0 Å². The number of pyridine rings is 1. The van der Waals surface area contributed by atoms with E-state index in [9.17, 15) is 0 Å². The highest BCUT2D eigenvalue weighted by atomic mass is 15.2. The van der Waals surface area contributed by atoms with Gasteiger partial charge in [0.15, 0.2) is 0 Å². The van der Waals surface area contributed by atoms with Crippen molar-refractivity contribution in [1.29, 1.82) is 0 Å². The van der Waals surface area contributed by atoms with E-state index >= 15 is 0 Å². The van der Waals surface area contributed by atoms with Crippen LogP contribution < -0.4 is 10.6 Å². The van der Waals surface area contributed by atoms with E-state index in [4.69, 9.17) is 5.73 Å². The number of nitrogens with two attached hydrogens (primary N) is 1. The second-order valence-corrected chi connectivity index (χ2v) is 6.03. The first-order valence-corrected chi connectivity index (χ1v) is 8.11. The minimum atomic E-state index is 0.747. The summed E-state index contributed by atoms with van der Waals surface area (Å²) in [6.45, 7) is 6.45. The van der Waals surface area contributed by atoms with Gasteiger partial charge in [-0.3, -0.25) is 4.98 Å². The van der Waals surface area contributed by atoms with Crippen LogP contribution in [0.1, 0.15) is 31.2 Å². The molecule has 0 saturated heterocycles. The summed E-state index contributed by atoms with van der Waals surface area (Å²) in [6, 6.07) is 10.1. The highest BCUT2D eigenvalue weighted by molar-refractivity contribution is 5.79. The van der Waals surface area contributed by atoms with Gasteiger partial charge in [-0.05, 0) is 68.0 Å². The van der Waals surface area contributed by atoms with Crippen LogP contribution in [0.5, 0.6) is 0 Å². The van der Waals surface area contributed by atoms with Gasteiger partial charge in [-0.15, -0.1) is 0 Å². The largest absolute Gasteiger partial charge is 0.397 e. The molecule has 0 spiro atoms. The van der Waals surface area contributed by atoms with Gasteiger partial charge in [-0.2, -0.15) is 0 Å². The van der Waals surface area contributed by atoms with Gasteiger partial charge in [0.05, 0.1) is 23.3 Å². The highest BCUT2D eigenvalue weighted by Crippen LogP contribution is 2.38. The number of hydrogen-bond donors (Lipinski definition) is 1. The molecule has 0 saturated carbocycles. The predicted octanol–water partition coefficient (Wildman–Crippen LogP) is 5.12. The van der Waals surface area contributed by atoms with Gasteiger partial charge in [-0.1, -0.05) is 18.7 Å². The van der Waals surface area contributed by atoms with E-state index in [1.807, 2.05) is 30.5 Å². The fourth-order valence-corrected chi connectivity index (χ4v) is 3.02. The molecular formula is C20H23N3. The number of nitrogen functional groups attached to an aromatic ring is 1. The van der Waals surface area contributed by atoms with E-state index in [0.29, 0.717) is 0 Å². The average Bonchev–Trinajstić information content (AvgIpc) is 2.60. The Balaban J connectivity index is 2.09. The summed E-state index contributed by atoms with van der Waals surface area (Å²) in [5.74, 6) is 0. The van der Waals surface area contributed by atoms with Crippen molar-refractivity contribution in [3.63, 3.8) is 0 Å². The lowest BCUT2D eigenvalue weighted by Gasteiger charge is -2.30. The Morgan fingerprint density at radius 1 is 1.26 bits per heavy atom. The molecule has 0 fully saturated rings. The zero-order chi connectivity index (χ0) is 16.2. The molecule has 3 heteroatoms. The Morgan fingerprint density at radius 2 is 2.13 bits per heavy atom. The van der Waals surface area contributed by atoms with Crippen LogP contribution in [0.4, 0.5) is 17.1 Å². The SMILES string of the molecule is C=C(C1=CCCCC1)N(c1cccnc1)c1cc(C)ccc1N.